The third kappa shape index (κ3) is 3.58. The van der Waals surface area contributed by atoms with Crippen LogP contribution in [0.25, 0.3) is 0 Å². The number of halogens is 1. The molecule has 0 saturated carbocycles. The highest BCUT2D eigenvalue weighted by molar-refractivity contribution is 9.10. The Bertz CT molecular complexity index is 569. The van der Waals surface area contributed by atoms with Gasteiger partial charge in [-0.05, 0) is 25.5 Å². The zero-order chi connectivity index (χ0) is 14.5. The van der Waals surface area contributed by atoms with Gasteiger partial charge in [0.05, 0.1) is 6.10 Å². The smallest absolute Gasteiger partial charge is 0.164 e. The molecule has 1 aromatic carbocycles. The zero-order valence-corrected chi connectivity index (χ0v) is 13.2. The van der Waals surface area contributed by atoms with Gasteiger partial charge in [-0.15, -0.1) is 0 Å². The minimum Gasteiger partial charge on any atom is -0.485 e. The predicted molar refractivity (Wildman–Crippen MR) is 79.4 cm³/mol. The normalized spacial score (nSPS) is 12.4. The quantitative estimate of drug-likeness (QED) is 0.878. The Morgan fingerprint density at radius 2 is 2.25 bits per heavy atom. The van der Waals surface area contributed by atoms with Gasteiger partial charge < -0.3 is 9.84 Å². The lowest BCUT2D eigenvalue weighted by Gasteiger charge is -2.14. The SMILES string of the molecule is CCCn1ncnc1COc1cc(Br)ccc1C(C)O. The van der Waals surface area contributed by atoms with Crippen LogP contribution >= 0.6 is 15.9 Å². The van der Waals surface area contributed by atoms with E-state index in [9.17, 15) is 5.11 Å². The van der Waals surface area contributed by atoms with Crippen LogP contribution in [0.2, 0.25) is 0 Å². The Hall–Kier alpha value is -1.40. The molecule has 0 fully saturated rings. The Morgan fingerprint density at radius 1 is 1.45 bits per heavy atom. The fourth-order valence-electron chi connectivity index (χ4n) is 1.92. The second-order valence-electron chi connectivity index (χ2n) is 4.55. The van der Waals surface area contributed by atoms with Gasteiger partial charge in [-0.2, -0.15) is 5.10 Å². The van der Waals surface area contributed by atoms with E-state index in [1.54, 1.807) is 6.92 Å². The molecule has 1 heterocycles. The van der Waals surface area contributed by atoms with Crippen molar-refractivity contribution in [3.05, 3.63) is 40.4 Å². The number of aliphatic hydroxyl groups excluding tert-OH is 1. The van der Waals surface area contributed by atoms with Crippen molar-refractivity contribution in [2.24, 2.45) is 0 Å². The van der Waals surface area contributed by atoms with Crippen LogP contribution < -0.4 is 4.74 Å². The summed E-state index contributed by atoms with van der Waals surface area (Å²) < 4.78 is 8.54. The summed E-state index contributed by atoms with van der Waals surface area (Å²) in [5, 5.41) is 13.9. The first-order chi connectivity index (χ1) is 9.61. The molecular weight excluding hydrogens is 322 g/mol. The molecule has 1 unspecified atom stereocenters. The summed E-state index contributed by atoms with van der Waals surface area (Å²) in [5.41, 5.74) is 0.759. The Kier molecular flexibility index (Phi) is 5.14. The van der Waals surface area contributed by atoms with Crippen molar-refractivity contribution in [3.8, 4) is 5.75 Å². The van der Waals surface area contributed by atoms with E-state index in [4.69, 9.17) is 4.74 Å². The van der Waals surface area contributed by atoms with Gasteiger partial charge in [-0.25, -0.2) is 9.67 Å². The van der Waals surface area contributed by atoms with Gasteiger partial charge in [0, 0.05) is 16.6 Å². The molecule has 0 saturated heterocycles. The van der Waals surface area contributed by atoms with E-state index >= 15 is 0 Å². The summed E-state index contributed by atoms with van der Waals surface area (Å²) in [6.07, 6.45) is 1.95. The summed E-state index contributed by atoms with van der Waals surface area (Å²) in [6.45, 7) is 4.96. The third-order valence-corrected chi connectivity index (χ3v) is 3.41. The molecule has 5 nitrogen and oxygen atoms in total. The largest absolute Gasteiger partial charge is 0.485 e. The van der Waals surface area contributed by atoms with Crippen LogP contribution in [0.4, 0.5) is 0 Å². The first-order valence-corrected chi connectivity index (χ1v) is 7.38. The maximum atomic E-state index is 9.76. The van der Waals surface area contributed by atoms with E-state index in [1.807, 2.05) is 22.9 Å². The molecule has 2 rings (SSSR count). The van der Waals surface area contributed by atoms with Crippen molar-refractivity contribution >= 4 is 15.9 Å². The highest BCUT2D eigenvalue weighted by Gasteiger charge is 2.11. The molecular formula is C14H18BrN3O2. The van der Waals surface area contributed by atoms with Gasteiger partial charge >= 0.3 is 0 Å². The van der Waals surface area contributed by atoms with E-state index in [1.165, 1.54) is 6.33 Å². The number of hydrogen-bond donors (Lipinski definition) is 1. The standard InChI is InChI=1S/C14H18BrN3O2/c1-3-6-18-14(16-9-17-18)8-20-13-7-11(15)4-5-12(13)10(2)19/h4-5,7,9-10,19H,3,6,8H2,1-2H3. The summed E-state index contributed by atoms with van der Waals surface area (Å²) in [4.78, 5) is 4.20. The summed E-state index contributed by atoms with van der Waals surface area (Å²) in [7, 11) is 0. The van der Waals surface area contributed by atoms with Crippen LogP contribution in [0.1, 0.15) is 37.8 Å². The fraction of sp³-hybridized carbons (Fsp3) is 0.429. The minimum absolute atomic E-state index is 0.330. The molecule has 108 valence electrons. The summed E-state index contributed by atoms with van der Waals surface area (Å²) in [6, 6.07) is 5.58. The molecule has 1 atom stereocenters. The third-order valence-electron chi connectivity index (χ3n) is 2.91. The number of aromatic nitrogens is 3. The van der Waals surface area contributed by atoms with Gasteiger partial charge in [0.2, 0.25) is 0 Å². The maximum Gasteiger partial charge on any atom is 0.164 e. The van der Waals surface area contributed by atoms with Crippen molar-refractivity contribution < 1.29 is 9.84 Å². The van der Waals surface area contributed by atoms with Crippen molar-refractivity contribution in [1.29, 1.82) is 0 Å². The number of aliphatic hydroxyl groups is 1. The van der Waals surface area contributed by atoms with E-state index in [0.29, 0.717) is 12.4 Å². The van der Waals surface area contributed by atoms with Crippen molar-refractivity contribution in [2.45, 2.75) is 39.5 Å². The number of aryl methyl sites for hydroxylation is 1. The van der Waals surface area contributed by atoms with E-state index in [-0.39, 0.29) is 0 Å². The topological polar surface area (TPSA) is 60.2 Å². The monoisotopic (exact) mass is 339 g/mol. The Labute approximate surface area is 126 Å². The lowest BCUT2D eigenvalue weighted by Crippen LogP contribution is -2.09. The molecule has 0 radical (unpaired) electrons. The van der Waals surface area contributed by atoms with Crippen molar-refractivity contribution in [3.63, 3.8) is 0 Å². The molecule has 0 amide bonds. The minimum atomic E-state index is -0.577. The number of ether oxygens (including phenoxy) is 1. The first kappa shape index (κ1) is 15.0. The van der Waals surface area contributed by atoms with Crippen LogP contribution in [-0.4, -0.2) is 19.9 Å². The predicted octanol–water partition coefficient (Wildman–Crippen LogP) is 3.08. The maximum absolute atomic E-state index is 9.76. The molecule has 2 aromatic rings. The van der Waals surface area contributed by atoms with Crippen LogP contribution in [0.15, 0.2) is 29.0 Å². The molecule has 0 aliphatic carbocycles. The van der Waals surface area contributed by atoms with Crippen LogP contribution in [0.5, 0.6) is 5.75 Å². The molecule has 0 aliphatic heterocycles. The Balaban J connectivity index is 2.14. The van der Waals surface area contributed by atoms with Gasteiger partial charge in [-0.3, -0.25) is 0 Å². The van der Waals surface area contributed by atoms with Crippen LogP contribution in [0.3, 0.4) is 0 Å². The molecule has 1 N–H and O–H groups in total. The second kappa shape index (κ2) is 6.85. The van der Waals surface area contributed by atoms with Gasteiger partial charge in [0.1, 0.15) is 18.7 Å². The molecule has 0 bridgehead atoms. The zero-order valence-electron chi connectivity index (χ0n) is 11.6. The van der Waals surface area contributed by atoms with Gasteiger partial charge in [0.15, 0.2) is 5.82 Å². The number of nitrogens with zero attached hydrogens (tertiary/aromatic N) is 3. The highest BCUT2D eigenvalue weighted by Crippen LogP contribution is 2.29. The number of hydrogen-bond acceptors (Lipinski definition) is 4. The molecule has 0 spiro atoms. The molecule has 6 heteroatoms. The van der Waals surface area contributed by atoms with Crippen molar-refractivity contribution in [1.82, 2.24) is 14.8 Å². The highest BCUT2D eigenvalue weighted by atomic mass is 79.9. The molecule has 20 heavy (non-hydrogen) atoms. The van der Waals surface area contributed by atoms with Crippen LogP contribution in [0, 0.1) is 0 Å². The average Bonchev–Trinajstić information content (AvgIpc) is 2.84. The van der Waals surface area contributed by atoms with E-state index in [0.717, 1.165) is 28.8 Å². The summed E-state index contributed by atoms with van der Waals surface area (Å²) >= 11 is 3.41. The second-order valence-corrected chi connectivity index (χ2v) is 5.46. The molecule has 1 aromatic heterocycles. The number of benzene rings is 1. The number of rotatable bonds is 6. The fourth-order valence-corrected chi connectivity index (χ4v) is 2.26. The van der Waals surface area contributed by atoms with Crippen molar-refractivity contribution in [2.75, 3.05) is 0 Å². The van der Waals surface area contributed by atoms with Gasteiger partial charge in [0.25, 0.3) is 0 Å². The summed E-state index contributed by atoms with van der Waals surface area (Å²) in [5.74, 6) is 1.43. The first-order valence-electron chi connectivity index (χ1n) is 6.58. The lowest BCUT2D eigenvalue weighted by atomic mass is 10.1. The Morgan fingerprint density at radius 3 is 2.95 bits per heavy atom. The lowest BCUT2D eigenvalue weighted by molar-refractivity contribution is 0.189. The van der Waals surface area contributed by atoms with E-state index < -0.39 is 6.10 Å². The molecule has 0 aliphatic rings. The van der Waals surface area contributed by atoms with E-state index in [2.05, 4.69) is 32.9 Å². The average molecular weight is 340 g/mol. The van der Waals surface area contributed by atoms with Gasteiger partial charge in [-0.1, -0.05) is 28.9 Å². The van der Waals surface area contributed by atoms with Crippen LogP contribution in [-0.2, 0) is 13.2 Å².